The number of carbonyl (C=O) groups is 1. The number of hydrogen-bond donors (Lipinski definition) is 0. The molecule has 3 aromatic rings. The van der Waals surface area contributed by atoms with Crippen LogP contribution in [0, 0.1) is 6.92 Å². The van der Waals surface area contributed by atoms with Gasteiger partial charge in [-0.25, -0.2) is 4.99 Å². The summed E-state index contributed by atoms with van der Waals surface area (Å²) >= 11 is 1.44. The number of aliphatic imine (C=N–C) groups is 1. The molecule has 1 saturated heterocycles. The Morgan fingerprint density at radius 3 is 2.32 bits per heavy atom. The van der Waals surface area contributed by atoms with Crippen molar-refractivity contribution in [1.29, 1.82) is 0 Å². The van der Waals surface area contributed by atoms with Gasteiger partial charge in [-0.3, -0.25) is 9.69 Å². The molecule has 0 aliphatic carbocycles. The van der Waals surface area contributed by atoms with E-state index in [1.165, 1.54) is 28.6 Å². The largest absolute Gasteiger partial charge is 0.364 e. The summed E-state index contributed by atoms with van der Waals surface area (Å²) in [5, 5.41) is 0.672. The van der Waals surface area contributed by atoms with Crippen LogP contribution in [0.1, 0.15) is 63.6 Å². The quantitative estimate of drug-likeness (QED) is 0.332. The zero-order chi connectivity index (χ0) is 26.3. The average Bonchev–Trinajstić information content (AvgIpc) is 3.14. The van der Waals surface area contributed by atoms with Gasteiger partial charge in [0.2, 0.25) is 0 Å². The normalized spacial score (nSPS) is 21.3. The first kappa shape index (κ1) is 25.3. The minimum Gasteiger partial charge on any atom is -0.364 e. The van der Waals surface area contributed by atoms with Crippen molar-refractivity contribution in [1.82, 2.24) is 0 Å². The molecule has 5 rings (SSSR count). The Hall–Kier alpha value is -3.31. The fourth-order valence-electron chi connectivity index (χ4n) is 5.85. The number of rotatable bonds is 4. The highest BCUT2D eigenvalue weighted by molar-refractivity contribution is 8.19. The number of amidine groups is 1. The van der Waals surface area contributed by atoms with E-state index in [1.54, 1.807) is 4.90 Å². The van der Waals surface area contributed by atoms with Crippen LogP contribution in [0.2, 0.25) is 0 Å². The van der Waals surface area contributed by atoms with Gasteiger partial charge in [-0.2, -0.15) is 0 Å². The monoisotopic (exact) mass is 509 g/mol. The first-order chi connectivity index (χ1) is 17.7. The van der Waals surface area contributed by atoms with Crippen molar-refractivity contribution in [2.75, 3.05) is 9.80 Å². The number of carbonyl (C=O) groups excluding carboxylic acids is 1. The molecule has 0 bridgehead atoms. The zero-order valence-electron chi connectivity index (χ0n) is 22.5. The van der Waals surface area contributed by atoms with E-state index in [0.29, 0.717) is 22.0 Å². The molecule has 0 saturated carbocycles. The Morgan fingerprint density at radius 1 is 1.03 bits per heavy atom. The van der Waals surface area contributed by atoms with E-state index in [4.69, 9.17) is 4.99 Å². The number of hydrogen-bond acceptors (Lipinski definition) is 4. The molecular formula is C32H35N3OS. The molecule has 0 radical (unpaired) electrons. The number of aryl methyl sites for hydroxylation is 1. The molecule has 190 valence electrons. The molecule has 0 spiro atoms. The number of fused-ring (bicyclic) bond motifs is 1. The second-order valence-corrected chi connectivity index (χ2v) is 12.0. The standard InChI is InChI=1S/C32H35N3OS/c1-21(2)35-28-17-22(3)24(18-27(28)23(4)20-32(35,5)6)19-29-30(36)34(26-15-11-8-12-16-26)31(37-29)33-25-13-9-7-10-14-25/h7-19,21,23H,20H2,1-6H3/b29-19-,33-31?. The van der Waals surface area contributed by atoms with Crippen LogP contribution < -0.4 is 9.80 Å². The minimum absolute atomic E-state index is 0.0407. The van der Waals surface area contributed by atoms with Gasteiger partial charge in [-0.05, 0) is 118 Å². The van der Waals surface area contributed by atoms with Crippen molar-refractivity contribution < 1.29 is 4.79 Å². The zero-order valence-corrected chi connectivity index (χ0v) is 23.3. The lowest BCUT2D eigenvalue weighted by molar-refractivity contribution is -0.113. The predicted octanol–water partition coefficient (Wildman–Crippen LogP) is 8.30. The Bertz CT molecular complexity index is 1380. The number of nitrogens with zero attached hydrogens (tertiary/aromatic N) is 3. The van der Waals surface area contributed by atoms with Crippen LogP contribution in [0.25, 0.3) is 6.08 Å². The van der Waals surface area contributed by atoms with Gasteiger partial charge < -0.3 is 4.90 Å². The second-order valence-electron chi connectivity index (χ2n) is 11.0. The summed E-state index contributed by atoms with van der Waals surface area (Å²) in [6.45, 7) is 13.7. The minimum atomic E-state index is -0.0407. The van der Waals surface area contributed by atoms with E-state index in [2.05, 4.69) is 64.7 Å². The Balaban J connectivity index is 1.58. The third-order valence-corrected chi connectivity index (χ3v) is 8.24. The van der Waals surface area contributed by atoms with E-state index >= 15 is 0 Å². The van der Waals surface area contributed by atoms with Gasteiger partial charge in [0.25, 0.3) is 5.91 Å². The molecule has 1 unspecified atom stereocenters. The molecule has 4 nitrogen and oxygen atoms in total. The summed E-state index contributed by atoms with van der Waals surface area (Å²) in [4.78, 5) is 23.6. The van der Waals surface area contributed by atoms with E-state index < -0.39 is 0 Å². The lowest BCUT2D eigenvalue weighted by Gasteiger charge is -2.50. The van der Waals surface area contributed by atoms with Crippen molar-refractivity contribution in [2.45, 2.75) is 65.5 Å². The van der Waals surface area contributed by atoms with Gasteiger partial charge in [0.15, 0.2) is 5.17 Å². The van der Waals surface area contributed by atoms with Crippen molar-refractivity contribution >= 4 is 46.0 Å². The molecular weight excluding hydrogens is 474 g/mol. The number of benzene rings is 3. The lowest BCUT2D eigenvalue weighted by Crippen LogP contribution is -2.51. The van der Waals surface area contributed by atoms with Crippen LogP contribution in [0.5, 0.6) is 0 Å². The predicted molar refractivity (Wildman–Crippen MR) is 159 cm³/mol. The van der Waals surface area contributed by atoms with Crippen LogP contribution in [0.15, 0.2) is 82.7 Å². The number of thioether (sulfide) groups is 1. The number of anilines is 2. The van der Waals surface area contributed by atoms with Crippen molar-refractivity contribution in [2.24, 2.45) is 4.99 Å². The number of para-hydroxylation sites is 2. The molecule has 3 aromatic carbocycles. The molecule has 1 fully saturated rings. The molecule has 2 heterocycles. The van der Waals surface area contributed by atoms with E-state index in [9.17, 15) is 4.79 Å². The average molecular weight is 510 g/mol. The summed E-state index contributed by atoms with van der Waals surface area (Å²) in [5.41, 5.74) is 6.70. The fourth-order valence-corrected chi connectivity index (χ4v) is 6.85. The first-order valence-corrected chi connectivity index (χ1v) is 13.8. The summed E-state index contributed by atoms with van der Waals surface area (Å²) in [5.74, 6) is 0.404. The SMILES string of the molecule is Cc1cc2c(cc1/C=C1\SC(=Nc3ccccc3)N(c3ccccc3)C1=O)C(C)CC(C)(C)N2C(C)C. The lowest BCUT2D eigenvalue weighted by atomic mass is 9.78. The molecule has 0 aromatic heterocycles. The first-order valence-electron chi connectivity index (χ1n) is 13.0. The van der Waals surface area contributed by atoms with Crippen LogP contribution in [0.4, 0.5) is 17.1 Å². The van der Waals surface area contributed by atoms with E-state index in [-0.39, 0.29) is 11.4 Å². The molecule has 2 aliphatic rings. The molecule has 0 N–H and O–H groups in total. The van der Waals surface area contributed by atoms with E-state index in [1.807, 2.05) is 60.7 Å². The molecule has 1 amide bonds. The van der Waals surface area contributed by atoms with Gasteiger partial charge >= 0.3 is 0 Å². The summed E-state index contributed by atoms with van der Waals surface area (Å²) in [7, 11) is 0. The van der Waals surface area contributed by atoms with Gasteiger partial charge in [-0.15, -0.1) is 0 Å². The van der Waals surface area contributed by atoms with Crippen LogP contribution in [0.3, 0.4) is 0 Å². The maximum atomic E-state index is 13.7. The Morgan fingerprint density at radius 2 is 1.68 bits per heavy atom. The van der Waals surface area contributed by atoms with Gasteiger partial charge in [-0.1, -0.05) is 43.3 Å². The van der Waals surface area contributed by atoms with Crippen molar-refractivity contribution in [3.8, 4) is 0 Å². The Labute approximate surface area is 225 Å². The fraction of sp³-hybridized carbons (Fsp3) is 0.312. The third-order valence-electron chi connectivity index (χ3n) is 7.27. The topological polar surface area (TPSA) is 35.9 Å². The third kappa shape index (κ3) is 4.85. The summed E-state index contributed by atoms with van der Waals surface area (Å²) in [6.07, 6.45) is 3.15. The maximum Gasteiger partial charge on any atom is 0.271 e. The summed E-state index contributed by atoms with van der Waals surface area (Å²) in [6, 6.07) is 24.6. The smallest absolute Gasteiger partial charge is 0.271 e. The maximum absolute atomic E-state index is 13.7. The summed E-state index contributed by atoms with van der Waals surface area (Å²) < 4.78 is 0. The number of amides is 1. The molecule has 37 heavy (non-hydrogen) atoms. The molecule has 5 heteroatoms. The van der Waals surface area contributed by atoms with Gasteiger partial charge in [0, 0.05) is 17.3 Å². The van der Waals surface area contributed by atoms with Crippen LogP contribution in [-0.2, 0) is 4.79 Å². The highest BCUT2D eigenvalue weighted by Gasteiger charge is 2.38. The van der Waals surface area contributed by atoms with E-state index in [0.717, 1.165) is 23.4 Å². The highest BCUT2D eigenvalue weighted by atomic mass is 32.2. The highest BCUT2D eigenvalue weighted by Crippen LogP contribution is 2.46. The van der Waals surface area contributed by atoms with Crippen molar-refractivity contribution in [3.63, 3.8) is 0 Å². The van der Waals surface area contributed by atoms with Crippen LogP contribution >= 0.6 is 11.8 Å². The Kier molecular flexibility index (Phi) is 6.76. The van der Waals surface area contributed by atoms with Crippen LogP contribution in [-0.4, -0.2) is 22.7 Å². The molecule has 2 aliphatic heterocycles. The van der Waals surface area contributed by atoms with Gasteiger partial charge in [0.1, 0.15) is 0 Å². The molecule has 1 atom stereocenters. The van der Waals surface area contributed by atoms with Gasteiger partial charge in [0.05, 0.1) is 16.3 Å². The van der Waals surface area contributed by atoms with Crippen molar-refractivity contribution in [3.05, 3.63) is 94.4 Å². The second kappa shape index (κ2) is 9.86.